The zero-order valence-corrected chi connectivity index (χ0v) is 12.2. The standard InChI is InChI=1S/C15H16N2O2S/c1-19-14-12-5-3-2-4-11(12)10-13(16-14)15(18)17-6-8-20-9-7-17/h2-5,10H,6-9H2,1H3. The molecular weight excluding hydrogens is 272 g/mol. The van der Waals surface area contributed by atoms with Crippen molar-refractivity contribution in [3.63, 3.8) is 0 Å². The molecular formula is C15H16N2O2S. The smallest absolute Gasteiger partial charge is 0.272 e. The van der Waals surface area contributed by atoms with Crippen molar-refractivity contribution >= 4 is 28.4 Å². The van der Waals surface area contributed by atoms with E-state index in [1.54, 1.807) is 7.11 Å². The molecule has 5 heteroatoms. The summed E-state index contributed by atoms with van der Waals surface area (Å²) < 4.78 is 5.32. The third-order valence-electron chi connectivity index (χ3n) is 3.42. The normalized spacial score (nSPS) is 15.3. The minimum atomic E-state index is -0.00523. The van der Waals surface area contributed by atoms with Crippen LogP contribution in [0.15, 0.2) is 30.3 Å². The molecule has 1 aliphatic heterocycles. The lowest BCUT2D eigenvalue weighted by molar-refractivity contribution is 0.0766. The molecule has 0 bridgehead atoms. The molecule has 4 nitrogen and oxygen atoms in total. The molecule has 1 aromatic carbocycles. The molecule has 0 aliphatic carbocycles. The second-order valence-corrected chi connectivity index (χ2v) is 5.87. The molecule has 1 aromatic heterocycles. The molecule has 0 radical (unpaired) electrons. The third kappa shape index (κ3) is 2.45. The number of aromatic nitrogens is 1. The maximum absolute atomic E-state index is 12.5. The number of carbonyl (C=O) groups excluding carboxylic acids is 1. The number of hydrogen-bond acceptors (Lipinski definition) is 4. The molecule has 20 heavy (non-hydrogen) atoms. The fourth-order valence-corrected chi connectivity index (χ4v) is 3.26. The van der Waals surface area contributed by atoms with Crippen molar-refractivity contribution in [2.75, 3.05) is 31.7 Å². The number of rotatable bonds is 2. The van der Waals surface area contributed by atoms with Gasteiger partial charge in [0.15, 0.2) is 0 Å². The van der Waals surface area contributed by atoms with E-state index in [1.165, 1.54) is 0 Å². The number of amides is 1. The van der Waals surface area contributed by atoms with Crippen molar-refractivity contribution in [2.24, 2.45) is 0 Å². The van der Waals surface area contributed by atoms with Crippen molar-refractivity contribution in [1.29, 1.82) is 0 Å². The van der Waals surface area contributed by atoms with Crippen molar-refractivity contribution in [2.45, 2.75) is 0 Å². The number of methoxy groups -OCH3 is 1. The fraction of sp³-hybridized carbons (Fsp3) is 0.333. The predicted molar refractivity (Wildman–Crippen MR) is 81.5 cm³/mol. The van der Waals surface area contributed by atoms with E-state index in [1.807, 2.05) is 47.0 Å². The van der Waals surface area contributed by atoms with Gasteiger partial charge in [-0.2, -0.15) is 11.8 Å². The summed E-state index contributed by atoms with van der Waals surface area (Å²) in [5.41, 5.74) is 0.465. The van der Waals surface area contributed by atoms with Gasteiger partial charge < -0.3 is 9.64 Å². The van der Waals surface area contributed by atoms with Crippen LogP contribution in [-0.2, 0) is 0 Å². The van der Waals surface area contributed by atoms with Gasteiger partial charge in [-0.3, -0.25) is 4.79 Å². The van der Waals surface area contributed by atoms with E-state index < -0.39 is 0 Å². The predicted octanol–water partition coefficient (Wildman–Crippen LogP) is 2.43. The number of benzene rings is 1. The molecule has 1 saturated heterocycles. The molecule has 0 spiro atoms. The Balaban J connectivity index is 2.00. The molecule has 1 aliphatic rings. The molecule has 1 fully saturated rings. The van der Waals surface area contributed by atoms with Crippen LogP contribution >= 0.6 is 11.8 Å². The molecule has 104 valence electrons. The van der Waals surface area contributed by atoms with Gasteiger partial charge in [-0.15, -0.1) is 0 Å². The second-order valence-electron chi connectivity index (χ2n) is 4.64. The summed E-state index contributed by atoms with van der Waals surface area (Å²) in [6, 6.07) is 9.67. The third-order valence-corrected chi connectivity index (χ3v) is 4.36. The van der Waals surface area contributed by atoms with Crippen molar-refractivity contribution in [3.8, 4) is 5.88 Å². The fourth-order valence-electron chi connectivity index (χ4n) is 2.36. The minimum Gasteiger partial charge on any atom is -0.481 e. The molecule has 1 amide bonds. The molecule has 0 unspecified atom stereocenters. The Morgan fingerprint density at radius 2 is 2.05 bits per heavy atom. The van der Waals surface area contributed by atoms with Gasteiger partial charge in [-0.05, 0) is 17.5 Å². The molecule has 0 atom stereocenters. The molecule has 2 aromatic rings. The van der Waals surface area contributed by atoms with E-state index in [-0.39, 0.29) is 5.91 Å². The number of thioether (sulfide) groups is 1. The van der Waals surface area contributed by atoms with Crippen LogP contribution in [0.3, 0.4) is 0 Å². The Morgan fingerprint density at radius 1 is 1.30 bits per heavy atom. The summed E-state index contributed by atoms with van der Waals surface area (Å²) in [5.74, 6) is 2.50. The summed E-state index contributed by atoms with van der Waals surface area (Å²) in [6.07, 6.45) is 0. The Hall–Kier alpha value is -1.75. The summed E-state index contributed by atoms with van der Waals surface area (Å²) in [7, 11) is 1.58. The van der Waals surface area contributed by atoms with Crippen molar-refractivity contribution in [1.82, 2.24) is 9.88 Å². The lowest BCUT2D eigenvalue weighted by Gasteiger charge is -2.26. The first-order valence-corrected chi connectivity index (χ1v) is 7.76. The number of pyridine rings is 1. The van der Waals surface area contributed by atoms with Gasteiger partial charge in [0.25, 0.3) is 5.91 Å². The van der Waals surface area contributed by atoms with E-state index in [0.717, 1.165) is 35.4 Å². The average Bonchev–Trinajstić information content (AvgIpc) is 2.54. The monoisotopic (exact) mass is 288 g/mol. The number of hydrogen-bond donors (Lipinski definition) is 0. The molecule has 3 rings (SSSR count). The zero-order valence-electron chi connectivity index (χ0n) is 11.3. The van der Waals surface area contributed by atoms with Crippen LogP contribution in [0.2, 0.25) is 0 Å². The Labute approximate surface area is 122 Å². The van der Waals surface area contributed by atoms with Crippen LogP contribution < -0.4 is 4.74 Å². The Kier molecular flexibility index (Phi) is 3.78. The number of nitrogens with zero attached hydrogens (tertiary/aromatic N) is 2. The summed E-state index contributed by atoms with van der Waals surface area (Å²) in [6.45, 7) is 1.58. The highest BCUT2D eigenvalue weighted by Gasteiger charge is 2.21. The van der Waals surface area contributed by atoms with Crippen LogP contribution in [-0.4, -0.2) is 47.5 Å². The van der Waals surface area contributed by atoms with Crippen LogP contribution in [0.5, 0.6) is 5.88 Å². The van der Waals surface area contributed by atoms with Gasteiger partial charge in [-0.1, -0.05) is 18.2 Å². The van der Waals surface area contributed by atoms with Gasteiger partial charge in [0.05, 0.1) is 7.11 Å². The van der Waals surface area contributed by atoms with Crippen molar-refractivity contribution < 1.29 is 9.53 Å². The van der Waals surface area contributed by atoms with Crippen LogP contribution in [0, 0.1) is 0 Å². The first-order chi connectivity index (χ1) is 9.79. The molecule has 0 N–H and O–H groups in total. The van der Waals surface area contributed by atoms with Crippen molar-refractivity contribution in [3.05, 3.63) is 36.0 Å². The summed E-state index contributed by atoms with van der Waals surface area (Å²) in [5, 5.41) is 1.91. The highest BCUT2D eigenvalue weighted by molar-refractivity contribution is 7.99. The SMILES string of the molecule is COc1nc(C(=O)N2CCSCC2)cc2ccccc12. The zero-order chi connectivity index (χ0) is 13.9. The van der Waals surface area contributed by atoms with Crippen LogP contribution in [0.25, 0.3) is 10.8 Å². The minimum absolute atomic E-state index is 0.00523. The largest absolute Gasteiger partial charge is 0.481 e. The van der Waals surface area contributed by atoms with Gasteiger partial charge in [0.2, 0.25) is 5.88 Å². The highest BCUT2D eigenvalue weighted by atomic mass is 32.2. The molecule has 2 heterocycles. The van der Waals surface area contributed by atoms with E-state index in [4.69, 9.17) is 4.74 Å². The lowest BCUT2D eigenvalue weighted by atomic mass is 10.1. The van der Waals surface area contributed by atoms with Crippen LogP contribution in [0.1, 0.15) is 10.5 Å². The molecule has 0 saturated carbocycles. The number of carbonyl (C=O) groups is 1. The van der Waals surface area contributed by atoms with E-state index in [0.29, 0.717) is 11.6 Å². The lowest BCUT2D eigenvalue weighted by Crippen LogP contribution is -2.38. The first kappa shape index (κ1) is 13.2. The summed E-state index contributed by atoms with van der Waals surface area (Å²) in [4.78, 5) is 18.8. The quantitative estimate of drug-likeness (QED) is 0.851. The van der Waals surface area contributed by atoms with Crippen LogP contribution in [0.4, 0.5) is 0 Å². The highest BCUT2D eigenvalue weighted by Crippen LogP contribution is 2.25. The Morgan fingerprint density at radius 3 is 2.80 bits per heavy atom. The van der Waals surface area contributed by atoms with Gasteiger partial charge in [-0.25, -0.2) is 4.98 Å². The number of ether oxygens (including phenoxy) is 1. The maximum atomic E-state index is 12.5. The van der Waals surface area contributed by atoms with E-state index in [9.17, 15) is 4.79 Å². The maximum Gasteiger partial charge on any atom is 0.272 e. The van der Waals surface area contributed by atoms with Gasteiger partial charge in [0.1, 0.15) is 5.69 Å². The van der Waals surface area contributed by atoms with E-state index in [2.05, 4.69) is 4.98 Å². The van der Waals surface area contributed by atoms with Gasteiger partial charge >= 0.3 is 0 Å². The van der Waals surface area contributed by atoms with E-state index >= 15 is 0 Å². The first-order valence-electron chi connectivity index (χ1n) is 6.60. The number of fused-ring (bicyclic) bond motifs is 1. The average molecular weight is 288 g/mol. The van der Waals surface area contributed by atoms with Gasteiger partial charge in [0, 0.05) is 30.0 Å². The Bertz CT molecular complexity index is 639. The summed E-state index contributed by atoms with van der Waals surface area (Å²) >= 11 is 1.88. The second kappa shape index (κ2) is 5.71. The topological polar surface area (TPSA) is 42.4 Å².